The van der Waals surface area contributed by atoms with Crippen LogP contribution >= 0.6 is 0 Å². The summed E-state index contributed by atoms with van der Waals surface area (Å²) in [7, 11) is 49.0. The smallest absolute Gasteiger partial charge is 0.115 e. The summed E-state index contributed by atoms with van der Waals surface area (Å²) in [5.74, 6) is 0. The number of rotatable bonds is 7. The largest absolute Gasteiger partial charge is 0.311 e. The molecule has 12 rings (SSSR count). The molecule has 0 aliphatic rings. The molecule has 0 fully saturated rings. The lowest BCUT2D eigenvalue weighted by Gasteiger charge is -2.19. The molecule has 0 spiro atoms. The van der Waals surface area contributed by atoms with Gasteiger partial charge in [-0.25, -0.2) is 0 Å². The number of para-hydroxylation sites is 1. The van der Waals surface area contributed by atoms with Gasteiger partial charge in [-0.2, -0.15) is 0 Å². The second-order valence-electron chi connectivity index (χ2n) is 17.6. The summed E-state index contributed by atoms with van der Waals surface area (Å²) in [4.78, 5) is 0. The fraction of sp³-hybridized carbons (Fsp3) is 0. The molecule has 2 aromatic heterocycles. The van der Waals surface area contributed by atoms with Crippen LogP contribution in [-0.2, 0) is 0 Å². The minimum atomic E-state index is 0.171. The van der Waals surface area contributed by atoms with Crippen molar-refractivity contribution in [3.63, 3.8) is 0 Å². The highest BCUT2D eigenvalue weighted by Crippen LogP contribution is 2.40. The van der Waals surface area contributed by atoms with Gasteiger partial charge in [-0.1, -0.05) is 191 Å². The molecule has 0 N–H and O–H groups in total. The van der Waals surface area contributed by atoms with Crippen LogP contribution < -0.4 is 38.2 Å². The molecule has 12 aromatic rings. The van der Waals surface area contributed by atoms with E-state index in [1.54, 1.807) is 0 Å². The highest BCUT2D eigenvalue weighted by Gasteiger charge is 2.25. The average molecular weight is 858 g/mol. The monoisotopic (exact) mass is 858 g/mol. The Kier molecular flexibility index (Phi) is 10.4. The maximum Gasteiger partial charge on any atom is 0.115 e. The number of hydrogen-bond acceptors (Lipinski definition) is 0. The minimum absolute atomic E-state index is 0.171. The molecule has 14 radical (unpaired) electrons. The van der Waals surface area contributed by atoms with Gasteiger partial charge in [-0.3, -0.25) is 0 Å². The van der Waals surface area contributed by atoms with Gasteiger partial charge in [0.25, 0.3) is 0 Å². The van der Waals surface area contributed by atoms with Crippen molar-refractivity contribution < 1.29 is 0 Å². The summed E-state index contributed by atoms with van der Waals surface area (Å²) < 4.78 is 4.30. The van der Waals surface area contributed by atoms with Crippen molar-refractivity contribution in [2.75, 3.05) is 0 Å². The van der Waals surface area contributed by atoms with E-state index in [9.17, 15) is 0 Å². The quantitative estimate of drug-likeness (QED) is 0.145. The van der Waals surface area contributed by atoms with Crippen molar-refractivity contribution in [2.24, 2.45) is 0 Å². The molecular formula is C60H33B7N2. The van der Waals surface area contributed by atoms with E-state index in [1.165, 1.54) is 0 Å². The maximum atomic E-state index is 7.44. The molecule has 2 heterocycles. The van der Waals surface area contributed by atoms with E-state index in [1.807, 2.05) is 47.0 Å². The minimum Gasteiger partial charge on any atom is -0.311 e. The molecule has 0 saturated carbocycles. The average Bonchev–Trinajstić information content (AvgIpc) is 3.94. The summed E-state index contributed by atoms with van der Waals surface area (Å²) in [6.07, 6.45) is 0. The second-order valence-corrected chi connectivity index (χ2v) is 17.6. The third-order valence-corrected chi connectivity index (χ3v) is 13.8. The van der Waals surface area contributed by atoms with E-state index >= 15 is 0 Å². The van der Waals surface area contributed by atoms with Crippen molar-refractivity contribution in [2.45, 2.75) is 0 Å². The van der Waals surface area contributed by atoms with E-state index < -0.39 is 0 Å². The zero-order valence-electron chi connectivity index (χ0n) is 37.5. The number of nitrogens with zero attached hydrogens (tertiary/aromatic N) is 2. The molecule has 0 bridgehead atoms. The molecule has 69 heavy (non-hydrogen) atoms. The van der Waals surface area contributed by atoms with Gasteiger partial charge >= 0.3 is 0 Å². The molecule has 10 aromatic carbocycles. The van der Waals surface area contributed by atoms with E-state index in [0.29, 0.717) is 43.8 Å². The Bertz CT molecular complexity index is 3990. The van der Waals surface area contributed by atoms with E-state index in [2.05, 4.69) is 162 Å². The van der Waals surface area contributed by atoms with Gasteiger partial charge < -0.3 is 9.13 Å². The summed E-state index contributed by atoms with van der Waals surface area (Å²) in [6, 6.07) is 69.4. The summed E-state index contributed by atoms with van der Waals surface area (Å²) in [5.41, 5.74) is 17.1. The van der Waals surface area contributed by atoms with Gasteiger partial charge in [-0.15, -0.1) is 10.9 Å². The van der Waals surface area contributed by atoms with Crippen LogP contribution in [-0.4, -0.2) is 64.1 Å². The van der Waals surface area contributed by atoms with Crippen LogP contribution in [0.15, 0.2) is 200 Å². The SMILES string of the molecule is [B]c1c([B])c([B])c2c(c1[B])c1c([B])c(-c3ccc4c(c3)c3ccc(-c5ccccc5)cc3n4-c3ccccc3-c3ccccc3)c([B])c([B])c1n2-c1ccc(-c2ccc(-c3ccccc3)cc2)cc1. The number of aromatic nitrogens is 2. The van der Waals surface area contributed by atoms with Gasteiger partial charge in [0.05, 0.1) is 16.7 Å². The Labute approximate surface area is 410 Å². The molecule has 2 nitrogen and oxygen atoms in total. The molecule has 9 heteroatoms. The molecule has 0 aliphatic heterocycles. The number of fused-ring (bicyclic) bond motifs is 6. The van der Waals surface area contributed by atoms with Crippen LogP contribution in [0.5, 0.6) is 0 Å². The lowest BCUT2D eigenvalue weighted by Crippen LogP contribution is -2.48. The first-order chi connectivity index (χ1) is 33.7. The Balaban J connectivity index is 1.06. The first kappa shape index (κ1) is 42.6. The van der Waals surface area contributed by atoms with E-state index in [-0.39, 0.29) is 21.9 Å². The molecule has 0 saturated heterocycles. The Morgan fingerprint density at radius 1 is 0.275 bits per heavy atom. The molecule has 0 amide bonds. The van der Waals surface area contributed by atoms with Crippen molar-refractivity contribution in [3.05, 3.63) is 200 Å². The Hall–Kier alpha value is -7.75. The topological polar surface area (TPSA) is 9.86 Å². The highest BCUT2D eigenvalue weighted by molar-refractivity contribution is 6.69. The van der Waals surface area contributed by atoms with Crippen LogP contribution in [0, 0.1) is 0 Å². The lowest BCUT2D eigenvalue weighted by atomic mass is 9.64. The predicted molar refractivity (Wildman–Crippen MR) is 300 cm³/mol. The molecule has 0 atom stereocenters. The first-order valence-electron chi connectivity index (χ1n) is 22.8. The van der Waals surface area contributed by atoms with Crippen LogP contribution in [0.2, 0.25) is 0 Å². The fourth-order valence-corrected chi connectivity index (χ4v) is 10.3. The maximum absolute atomic E-state index is 7.44. The molecular weight excluding hydrogens is 824 g/mol. The zero-order valence-corrected chi connectivity index (χ0v) is 37.5. The van der Waals surface area contributed by atoms with Crippen molar-refractivity contribution >= 4 is 137 Å². The molecule has 0 unspecified atom stereocenters. The Morgan fingerprint density at radius 2 is 0.739 bits per heavy atom. The second kappa shape index (κ2) is 16.8. The fourth-order valence-electron chi connectivity index (χ4n) is 10.3. The van der Waals surface area contributed by atoms with Crippen LogP contribution in [0.1, 0.15) is 0 Å². The van der Waals surface area contributed by atoms with Gasteiger partial charge in [0.1, 0.15) is 54.9 Å². The first-order valence-corrected chi connectivity index (χ1v) is 22.8. The normalized spacial score (nSPS) is 11.6. The van der Waals surface area contributed by atoms with Crippen molar-refractivity contribution in [1.29, 1.82) is 0 Å². The standard InChI is InChI=1S/C60H33B7N2/c61-52-49(41-27-31-47-45(32-41)44-30-26-40(35-14-6-2-7-15-35)33-48(44)69(47)46-19-11-10-18-43(46)39-16-8-3-9-17-39)53(62)57(66)59-50(52)51-54(63)55(64)56(65)58(67)60(51)68(59)42-28-24-38(25-29-42)37-22-20-36(21-23-37)34-12-4-1-5-13-34/h1-33H. The van der Waals surface area contributed by atoms with Gasteiger partial charge in [-0.05, 0) is 91.9 Å². The Morgan fingerprint density at radius 3 is 1.36 bits per heavy atom. The number of hydrogen-bond donors (Lipinski definition) is 0. The highest BCUT2D eigenvalue weighted by atomic mass is 15.0. The summed E-state index contributed by atoms with van der Waals surface area (Å²) >= 11 is 0. The van der Waals surface area contributed by atoms with Crippen molar-refractivity contribution in [1.82, 2.24) is 9.13 Å². The van der Waals surface area contributed by atoms with Gasteiger partial charge in [0.2, 0.25) is 0 Å². The van der Waals surface area contributed by atoms with Crippen LogP contribution in [0.25, 0.3) is 111 Å². The third-order valence-electron chi connectivity index (χ3n) is 13.8. The van der Waals surface area contributed by atoms with Crippen LogP contribution in [0.4, 0.5) is 0 Å². The van der Waals surface area contributed by atoms with Crippen LogP contribution in [0.3, 0.4) is 0 Å². The summed E-state index contributed by atoms with van der Waals surface area (Å²) in [6.45, 7) is 0. The lowest BCUT2D eigenvalue weighted by molar-refractivity contribution is 1.18. The summed E-state index contributed by atoms with van der Waals surface area (Å²) in [5, 5.41) is 3.20. The van der Waals surface area contributed by atoms with E-state index in [0.717, 1.165) is 83.3 Å². The van der Waals surface area contributed by atoms with Crippen molar-refractivity contribution in [3.8, 4) is 67.0 Å². The third kappa shape index (κ3) is 6.81. The van der Waals surface area contributed by atoms with Gasteiger partial charge in [0.15, 0.2) is 0 Å². The number of benzene rings is 10. The predicted octanol–water partition coefficient (Wildman–Crippen LogP) is 7.77. The van der Waals surface area contributed by atoms with E-state index in [4.69, 9.17) is 54.9 Å². The molecule has 0 aliphatic carbocycles. The zero-order chi connectivity index (χ0) is 47.1. The van der Waals surface area contributed by atoms with Gasteiger partial charge in [0, 0.05) is 38.4 Å². The molecule has 304 valence electrons.